The molecule has 240 valence electrons. The van der Waals surface area contributed by atoms with Gasteiger partial charge in [0.2, 0.25) is 11.8 Å². The molecule has 0 saturated carbocycles. The summed E-state index contributed by atoms with van der Waals surface area (Å²) >= 11 is 0. The van der Waals surface area contributed by atoms with Crippen LogP contribution in [0.15, 0.2) is 36.4 Å². The number of carbonyl (C=O) groups excluding carboxylic acids is 4. The molecule has 44 heavy (non-hydrogen) atoms. The zero-order valence-corrected chi connectivity index (χ0v) is 25.4. The minimum Gasteiger partial charge on any atom is -0.449 e. The Balaban J connectivity index is 1.61. The molecule has 3 rings (SSSR count). The number of rotatable bonds is 21. The van der Waals surface area contributed by atoms with Gasteiger partial charge in [0.05, 0.1) is 6.61 Å². The van der Waals surface area contributed by atoms with E-state index in [9.17, 15) is 19.2 Å². The molecule has 0 aliphatic heterocycles. The first-order valence-electron chi connectivity index (χ1n) is 15.3. The lowest BCUT2D eigenvalue weighted by Gasteiger charge is -2.15. The number of ether oxygens (including phenoxy) is 4. The number of methoxy groups -OCH3 is 2. The Morgan fingerprint density at radius 2 is 1.48 bits per heavy atom. The van der Waals surface area contributed by atoms with Crippen molar-refractivity contribution >= 4 is 29.4 Å². The maximum Gasteiger partial charge on any atom is 0.404 e. The summed E-state index contributed by atoms with van der Waals surface area (Å²) in [5.41, 5.74) is 8.60. The second kappa shape index (κ2) is 18.7. The van der Waals surface area contributed by atoms with Crippen molar-refractivity contribution in [3.63, 3.8) is 0 Å². The summed E-state index contributed by atoms with van der Waals surface area (Å²) < 4.78 is 27.8. The molecule has 0 aromatic heterocycles. The van der Waals surface area contributed by atoms with Crippen LogP contribution in [0.1, 0.15) is 72.3 Å². The van der Waals surface area contributed by atoms with Gasteiger partial charge in [0.15, 0.2) is 7.20 Å². The first-order chi connectivity index (χ1) is 21.9. The van der Waals surface area contributed by atoms with Crippen molar-refractivity contribution < 1.29 is 44.4 Å². The molecule has 1 aliphatic carbocycles. The normalized spacial score (nSPS) is 13.4. The Morgan fingerprint density at radius 3 is 2.23 bits per heavy atom. The number of ketones is 1. The minimum atomic E-state index is -0.892. The number of hydrogen-bond donors (Lipinski definition) is 3. The third-order valence-electron chi connectivity index (χ3n) is 7.05. The number of carbonyl (C=O) groups is 4. The van der Waals surface area contributed by atoms with Gasteiger partial charge in [0, 0.05) is 77.1 Å². The molecule has 0 saturated heterocycles. The largest absolute Gasteiger partial charge is 0.449 e. The number of hydrogen-bond acceptors (Lipinski definition) is 9. The van der Waals surface area contributed by atoms with Crippen LogP contribution in [-0.4, -0.2) is 77.6 Å². The predicted molar refractivity (Wildman–Crippen MR) is 163 cm³/mol. The highest BCUT2D eigenvalue weighted by molar-refractivity contribution is 5.98. The van der Waals surface area contributed by atoms with Crippen molar-refractivity contribution in [3.8, 4) is 11.1 Å². The van der Waals surface area contributed by atoms with E-state index in [1.165, 1.54) is 0 Å². The number of primary amides is 1. The van der Waals surface area contributed by atoms with Gasteiger partial charge in [-0.2, -0.15) is 0 Å². The van der Waals surface area contributed by atoms with E-state index in [2.05, 4.69) is 10.8 Å². The number of Topliss-reactive ketones (excluding diaryl/α,β-unsaturated/α-hetero) is 1. The summed E-state index contributed by atoms with van der Waals surface area (Å²) in [5.74, 6) is -0.985. The van der Waals surface area contributed by atoms with Crippen LogP contribution < -0.4 is 16.5 Å². The van der Waals surface area contributed by atoms with E-state index in [1.807, 2.05) is 24.3 Å². The fourth-order valence-corrected chi connectivity index (χ4v) is 4.93. The second-order valence-corrected chi connectivity index (χ2v) is 10.4. The molecular weight excluding hydrogens is 570 g/mol. The van der Waals surface area contributed by atoms with Gasteiger partial charge in [-0.1, -0.05) is 18.2 Å². The highest BCUT2D eigenvalue weighted by Gasteiger charge is 2.31. The average Bonchev–Trinajstić information content (AvgIpc) is 3.34. The molecule has 1 aliphatic rings. The van der Waals surface area contributed by atoms with Crippen molar-refractivity contribution in [1.82, 2.24) is 5.48 Å². The van der Waals surface area contributed by atoms with E-state index in [-0.39, 0.29) is 37.0 Å². The first-order valence-corrected chi connectivity index (χ1v) is 14.8. The average molecular weight is 615 g/mol. The zero-order chi connectivity index (χ0) is 32.4. The van der Waals surface area contributed by atoms with Crippen LogP contribution in [0.2, 0.25) is 1.41 Å². The van der Waals surface area contributed by atoms with E-state index in [0.717, 1.165) is 28.7 Å². The van der Waals surface area contributed by atoms with Gasteiger partial charge in [0.25, 0.3) is 0 Å². The molecule has 4 N–H and O–H groups in total. The van der Waals surface area contributed by atoms with E-state index in [4.69, 9.17) is 25.2 Å². The van der Waals surface area contributed by atoms with Crippen molar-refractivity contribution in [2.75, 3.05) is 59.2 Å². The quantitative estimate of drug-likeness (QED) is 0.107. The summed E-state index contributed by atoms with van der Waals surface area (Å²) in [6, 6.07) is 11.0. The van der Waals surface area contributed by atoms with Crippen LogP contribution >= 0.6 is 0 Å². The standard InChI is InChI=1S/C32H43N3O9/c1-40-14-5-17-42-16-4-7-29(36)22-10-12-24-25-13-11-23(20-27(25)28(26(24)19-22)21-43-32(33)39)34-30(37)8-3-9-31(38)35-44-18-6-15-41-2/h10-13,19-20,28H,3-9,14-18,21H2,1-2H3,(H2,33,39)(H,34,37)(H,35,38)/i/hD. The van der Waals surface area contributed by atoms with Gasteiger partial charge >= 0.3 is 6.09 Å². The van der Waals surface area contributed by atoms with Crippen molar-refractivity contribution in [2.24, 2.45) is 5.73 Å². The number of hydroxylamine groups is 1. The third kappa shape index (κ3) is 11.0. The van der Waals surface area contributed by atoms with Crippen LogP contribution in [0.25, 0.3) is 11.1 Å². The summed E-state index contributed by atoms with van der Waals surface area (Å²) in [6.07, 6.45) is 2.09. The maximum atomic E-state index is 13.0. The third-order valence-corrected chi connectivity index (χ3v) is 7.05. The van der Waals surface area contributed by atoms with Gasteiger partial charge in [-0.3, -0.25) is 19.2 Å². The molecule has 0 spiro atoms. The molecule has 2 aromatic rings. The first kappa shape index (κ1) is 33.1. The predicted octanol–water partition coefficient (Wildman–Crippen LogP) is 4.10. The summed E-state index contributed by atoms with van der Waals surface area (Å²) in [4.78, 5) is 54.4. The van der Waals surface area contributed by atoms with Crippen LogP contribution in [0, 0.1) is 0 Å². The second-order valence-electron chi connectivity index (χ2n) is 10.4. The maximum absolute atomic E-state index is 13.0. The fourth-order valence-electron chi connectivity index (χ4n) is 4.93. The molecule has 12 nitrogen and oxygen atoms in total. The molecule has 2 aromatic carbocycles. The molecule has 0 radical (unpaired) electrons. The van der Waals surface area contributed by atoms with Gasteiger partial charge in [-0.05, 0) is 66.1 Å². The highest BCUT2D eigenvalue weighted by atomic mass is 16.7. The number of nitrogens with two attached hydrogens (primary N) is 1. The Labute approximate surface area is 259 Å². The molecule has 0 heterocycles. The number of anilines is 1. The summed E-state index contributed by atoms with van der Waals surface area (Å²) in [5, 5.41) is 2.87. The van der Waals surface area contributed by atoms with E-state index in [0.29, 0.717) is 70.0 Å². The highest BCUT2D eigenvalue weighted by Crippen LogP contribution is 2.46. The monoisotopic (exact) mass is 614 g/mol. The summed E-state index contributed by atoms with van der Waals surface area (Å²) in [6.45, 7) is 2.51. The van der Waals surface area contributed by atoms with E-state index in [1.54, 1.807) is 32.1 Å². The smallest absolute Gasteiger partial charge is 0.404 e. The zero-order valence-electron chi connectivity index (χ0n) is 26.4. The van der Waals surface area contributed by atoms with Crippen LogP contribution in [-0.2, 0) is 33.4 Å². The van der Waals surface area contributed by atoms with Gasteiger partial charge in [-0.15, -0.1) is 0 Å². The molecule has 0 bridgehead atoms. The van der Waals surface area contributed by atoms with Crippen LogP contribution in [0.4, 0.5) is 10.5 Å². The van der Waals surface area contributed by atoms with Crippen molar-refractivity contribution in [1.29, 1.82) is 0 Å². The van der Waals surface area contributed by atoms with Crippen molar-refractivity contribution in [3.05, 3.63) is 53.1 Å². The number of amides is 3. The van der Waals surface area contributed by atoms with Crippen LogP contribution in [0.5, 0.6) is 0 Å². The lowest BCUT2D eigenvalue weighted by atomic mass is 9.94. The Kier molecular flexibility index (Phi) is 14.1. The molecule has 0 fully saturated rings. The van der Waals surface area contributed by atoms with Crippen LogP contribution in [0.3, 0.4) is 0 Å². The topological polar surface area (TPSA) is 165 Å². The Bertz CT molecular complexity index is 1290. The Morgan fingerprint density at radius 1 is 0.795 bits per heavy atom. The number of nitrogens with one attached hydrogen (secondary N) is 2. The van der Waals surface area contributed by atoms with Gasteiger partial charge in [0.1, 0.15) is 6.61 Å². The number of benzene rings is 2. The SMILES string of the molecule is [2H]NC(=O)OCC1c2cc(NC(=O)CCCC(=O)NOCCCOC)ccc2-c2ccc(C(=O)CCCOCCCOC)cc21. The lowest BCUT2D eigenvalue weighted by molar-refractivity contribution is -0.134. The van der Waals surface area contributed by atoms with Crippen molar-refractivity contribution in [2.45, 2.75) is 50.9 Å². The number of fused-ring (bicyclic) bond motifs is 3. The molecular formula is C32H43N3O9. The molecule has 1 atom stereocenters. The fraction of sp³-hybridized carbons (Fsp3) is 0.500. The lowest BCUT2D eigenvalue weighted by Crippen LogP contribution is -2.24. The van der Waals surface area contributed by atoms with Gasteiger partial charge in [-0.25, -0.2) is 10.3 Å². The Hall–Kier alpha value is -3.84. The minimum absolute atomic E-state index is 0.0166. The van der Waals surface area contributed by atoms with E-state index >= 15 is 0 Å². The van der Waals surface area contributed by atoms with E-state index < -0.39 is 12.0 Å². The summed E-state index contributed by atoms with van der Waals surface area (Å²) in [7, 11) is 3.23. The molecule has 3 amide bonds. The molecule has 1 unspecified atom stereocenters. The van der Waals surface area contributed by atoms with Gasteiger partial charge < -0.3 is 30.0 Å². The molecule has 12 heteroatoms.